The maximum Gasteiger partial charge on any atom is -0.0319 e. The quantitative estimate of drug-likeness (QED) is 0.495. The van der Waals surface area contributed by atoms with Gasteiger partial charge in [0.1, 0.15) is 0 Å². The molecule has 0 aliphatic heterocycles. The van der Waals surface area contributed by atoms with Gasteiger partial charge in [0.25, 0.3) is 0 Å². The van der Waals surface area contributed by atoms with Crippen molar-refractivity contribution in [3.05, 3.63) is 24.3 Å². The van der Waals surface area contributed by atoms with Gasteiger partial charge >= 0.3 is 0 Å². The van der Waals surface area contributed by atoms with Crippen LogP contribution in [0.5, 0.6) is 0 Å². The summed E-state index contributed by atoms with van der Waals surface area (Å²) in [5, 5.41) is 0. The van der Waals surface area contributed by atoms with Crippen LogP contribution in [-0.4, -0.2) is 0 Å². The highest BCUT2D eigenvalue weighted by Crippen LogP contribution is 2.32. The molecule has 2 unspecified atom stereocenters. The van der Waals surface area contributed by atoms with Crippen LogP contribution in [0.4, 0.5) is 0 Å². The van der Waals surface area contributed by atoms with Gasteiger partial charge in [-0.2, -0.15) is 0 Å². The molecule has 0 spiro atoms. The van der Waals surface area contributed by atoms with Gasteiger partial charge in [-0.05, 0) is 63.2 Å². The summed E-state index contributed by atoms with van der Waals surface area (Å²) in [5.41, 5.74) is 0. The molecule has 0 heterocycles. The Balaban J connectivity index is 1.91. The summed E-state index contributed by atoms with van der Waals surface area (Å²) in [6.07, 6.45) is 26.7. The average molecular weight is 246 g/mol. The molecular weight excluding hydrogens is 216 g/mol. The van der Waals surface area contributed by atoms with Gasteiger partial charge in [0, 0.05) is 0 Å². The topological polar surface area (TPSA) is 0 Å². The van der Waals surface area contributed by atoms with Crippen molar-refractivity contribution >= 4 is 0 Å². The fraction of sp³-hybridized carbons (Fsp3) is 0.778. The summed E-state index contributed by atoms with van der Waals surface area (Å²) < 4.78 is 0. The predicted octanol–water partition coefficient (Wildman–Crippen LogP) is 6.04. The van der Waals surface area contributed by atoms with E-state index in [0.717, 1.165) is 11.8 Å². The molecule has 0 aromatic rings. The van der Waals surface area contributed by atoms with Crippen LogP contribution in [0.2, 0.25) is 0 Å². The highest BCUT2D eigenvalue weighted by Gasteiger charge is 2.19. The number of allylic oxidation sites excluding steroid dienone is 4. The molecule has 0 aromatic heterocycles. The molecule has 102 valence electrons. The molecule has 18 heavy (non-hydrogen) atoms. The molecule has 2 aliphatic rings. The fourth-order valence-corrected chi connectivity index (χ4v) is 3.56. The van der Waals surface area contributed by atoms with Gasteiger partial charge in [0.2, 0.25) is 0 Å². The van der Waals surface area contributed by atoms with E-state index in [2.05, 4.69) is 24.3 Å². The van der Waals surface area contributed by atoms with Crippen molar-refractivity contribution in [1.29, 1.82) is 0 Å². The van der Waals surface area contributed by atoms with Crippen molar-refractivity contribution < 1.29 is 0 Å². The standard InChI is InChI=1S/C18H30/c1-2-6-10-14-17(13-9-5-1)18-15-11-7-3-4-8-12-16-18/h5,7,9,11,17-18H,1-4,6,8,10,12-16H2/b9-5+,11-7+. The molecule has 0 aromatic carbocycles. The fourth-order valence-electron chi connectivity index (χ4n) is 3.56. The molecule has 0 radical (unpaired) electrons. The van der Waals surface area contributed by atoms with Gasteiger partial charge in [-0.25, -0.2) is 0 Å². The lowest BCUT2D eigenvalue weighted by Gasteiger charge is -2.25. The highest BCUT2D eigenvalue weighted by atomic mass is 14.2. The first-order chi connectivity index (χ1) is 8.97. The van der Waals surface area contributed by atoms with E-state index in [4.69, 9.17) is 0 Å². The first kappa shape index (κ1) is 13.9. The smallest absolute Gasteiger partial charge is 0.0319 e. The van der Waals surface area contributed by atoms with Crippen LogP contribution in [0.15, 0.2) is 24.3 Å². The molecule has 0 nitrogen and oxygen atoms in total. The predicted molar refractivity (Wildman–Crippen MR) is 80.7 cm³/mol. The molecule has 0 fully saturated rings. The van der Waals surface area contributed by atoms with Crippen molar-refractivity contribution in [2.75, 3.05) is 0 Å². The third-order valence-corrected chi connectivity index (χ3v) is 4.77. The molecule has 0 saturated heterocycles. The van der Waals surface area contributed by atoms with E-state index in [1.54, 1.807) is 0 Å². The Kier molecular flexibility index (Phi) is 6.61. The van der Waals surface area contributed by atoms with Gasteiger partial charge in [0.05, 0.1) is 0 Å². The lowest BCUT2D eigenvalue weighted by atomic mass is 9.80. The van der Waals surface area contributed by atoms with Gasteiger partial charge in [-0.15, -0.1) is 0 Å². The van der Waals surface area contributed by atoms with E-state index in [-0.39, 0.29) is 0 Å². The number of rotatable bonds is 1. The number of hydrogen-bond acceptors (Lipinski definition) is 0. The van der Waals surface area contributed by atoms with Crippen LogP contribution in [0.3, 0.4) is 0 Å². The maximum absolute atomic E-state index is 2.48. The van der Waals surface area contributed by atoms with E-state index in [1.165, 1.54) is 77.0 Å². The maximum atomic E-state index is 2.48. The van der Waals surface area contributed by atoms with Crippen molar-refractivity contribution in [3.8, 4) is 0 Å². The van der Waals surface area contributed by atoms with E-state index in [1.807, 2.05) is 0 Å². The van der Waals surface area contributed by atoms with E-state index in [0.29, 0.717) is 0 Å². The van der Waals surface area contributed by atoms with Crippen LogP contribution >= 0.6 is 0 Å². The van der Waals surface area contributed by atoms with E-state index >= 15 is 0 Å². The highest BCUT2D eigenvalue weighted by molar-refractivity contribution is 4.91. The van der Waals surface area contributed by atoms with Crippen molar-refractivity contribution in [2.45, 2.75) is 77.0 Å². The summed E-state index contributed by atoms with van der Waals surface area (Å²) in [6, 6.07) is 0. The zero-order valence-corrected chi connectivity index (χ0v) is 11.9. The summed E-state index contributed by atoms with van der Waals surface area (Å²) in [5.74, 6) is 1.92. The van der Waals surface area contributed by atoms with Crippen LogP contribution in [0, 0.1) is 11.8 Å². The molecule has 2 rings (SSSR count). The van der Waals surface area contributed by atoms with Crippen molar-refractivity contribution in [1.82, 2.24) is 0 Å². The molecule has 0 amide bonds. The minimum Gasteiger partial charge on any atom is -0.0885 e. The van der Waals surface area contributed by atoms with Crippen molar-refractivity contribution in [2.24, 2.45) is 11.8 Å². The van der Waals surface area contributed by atoms with Crippen molar-refractivity contribution in [3.63, 3.8) is 0 Å². The lowest BCUT2D eigenvalue weighted by molar-refractivity contribution is 0.285. The Morgan fingerprint density at radius 3 is 1.50 bits per heavy atom. The number of hydrogen-bond donors (Lipinski definition) is 0. The Morgan fingerprint density at radius 1 is 0.500 bits per heavy atom. The summed E-state index contributed by atoms with van der Waals surface area (Å²) in [6.45, 7) is 0. The normalized spacial score (nSPS) is 35.1. The second kappa shape index (κ2) is 8.56. The first-order valence-electron chi connectivity index (χ1n) is 8.27. The molecule has 0 bridgehead atoms. The SMILES string of the molecule is C1=C/CC(C2C/C=C/CCCCC2)CCCCC/1. The Bertz CT molecular complexity index is 233. The average Bonchev–Trinajstić information content (AvgIpc) is 2.61. The van der Waals surface area contributed by atoms with Crippen LogP contribution in [0.1, 0.15) is 77.0 Å². The van der Waals surface area contributed by atoms with Gasteiger partial charge in [-0.3, -0.25) is 0 Å². The summed E-state index contributed by atoms with van der Waals surface area (Å²) >= 11 is 0. The largest absolute Gasteiger partial charge is 0.0885 e. The molecule has 0 heteroatoms. The Hall–Kier alpha value is -0.520. The minimum absolute atomic E-state index is 0.960. The summed E-state index contributed by atoms with van der Waals surface area (Å²) in [7, 11) is 0. The molecule has 2 aliphatic carbocycles. The third kappa shape index (κ3) is 5.00. The lowest BCUT2D eigenvalue weighted by Crippen LogP contribution is -2.14. The van der Waals surface area contributed by atoms with E-state index in [9.17, 15) is 0 Å². The molecule has 2 atom stereocenters. The van der Waals surface area contributed by atoms with Gasteiger partial charge in [-0.1, -0.05) is 50.0 Å². The molecular formula is C18H30. The second-order valence-corrected chi connectivity index (χ2v) is 6.21. The van der Waals surface area contributed by atoms with Crippen LogP contribution < -0.4 is 0 Å². The zero-order chi connectivity index (χ0) is 12.5. The van der Waals surface area contributed by atoms with Crippen LogP contribution in [0.25, 0.3) is 0 Å². The minimum atomic E-state index is 0.960. The van der Waals surface area contributed by atoms with Crippen LogP contribution in [-0.2, 0) is 0 Å². The molecule has 0 saturated carbocycles. The van der Waals surface area contributed by atoms with Gasteiger partial charge in [0.15, 0.2) is 0 Å². The zero-order valence-electron chi connectivity index (χ0n) is 11.9. The Morgan fingerprint density at radius 2 is 1.00 bits per heavy atom. The monoisotopic (exact) mass is 246 g/mol. The first-order valence-corrected chi connectivity index (χ1v) is 8.27. The second-order valence-electron chi connectivity index (χ2n) is 6.21. The summed E-state index contributed by atoms with van der Waals surface area (Å²) in [4.78, 5) is 0. The van der Waals surface area contributed by atoms with Gasteiger partial charge < -0.3 is 0 Å². The Labute approximate surface area is 114 Å². The van der Waals surface area contributed by atoms with E-state index < -0.39 is 0 Å². The molecule has 0 N–H and O–H groups in total. The third-order valence-electron chi connectivity index (χ3n) is 4.77.